The largest absolute Gasteiger partial charge is 0.387 e. The van der Waals surface area contributed by atoms with Gasteiger partial charge in [0.05, 0.1) is 5.60 Å². The van der Waals surface area contributed by atoms with Crippen molar-refractivity contribution in [1.82, 2.24) is 0 Å². The van der Waals surface area contributed by atoms with Crippen LogP contribution in [-0.2, 0) is 0 Å². The summed E-state index contributed by atoms with van der Waals surface area (Å²) in [6.07, 6.45) is 4.10. The molecule has 3 N–H and O–H groups in total. The molecular formula is C10H21NOS. The van der Waals surface area contributed by atoms with Gasteiger partial charge in [0.15, 0.2) is 0 Å². The van der Waals surface area contributed by atoms with Crippen LogP contribution in [0.25, 0.3) is 0 Å². The fourth-order valence-electron chi connectivity index (χ4n) is 1.91. The summed E-state index contributed by atoms with van der Waals surface area (Å²) in [5.74, 6) is 1.05. The molecule has 1 saturated heterocycles. The average Bonchev–Trinajstić information content (AvgIpc) is 2.44. The van der Waals surface area contributed by atoms with Crippen LogP contribution in [0, 0.1) is 0 Å². The molecule has 1 fully saturated rings. The highest BCUT2D eigenvalue weighted by atomic mass is 32.2. The fourth-order valence-corrected chi connectivity index (χ4v) is 3.29. The zero-order chi connectivity index (χ0) is 9.90. The third-order valence-electron chi connectivity index (χ3n) is 3.09. The summed E-state index contributed by atoms with van der Waals surface area (Å²) in [5.41, 5.74) is 5.43. The highest BCUT2D eigenvalue weighted by Gasteiger charge is 2.43. The van der Waals surface area contributed by atoms with Gasteiger partial charge in [0.2, 0.25) is 0 Å². The second kappa shape index (κ2) is 4.67. The Morgan fingerprint density at radius 3 is 2.85 bits per heavy atom. The van der Waals surface area contributed by atoms with E-state index in [1.165, 1.54) is 0 Å². The molecule has 1 aliphatic rings. The molecule has 0 saturated carbocycles. The normalized spacial score (nSPS) is 36.5. The molecule has 2 nitrogen and oxygen atoms in total. The summed E-state index contributed by atoms with van der Waals surface area (Å²) in [6, 6.07) is -0.0301. The van der Waals surface area contributed by atoms with Crippen LogP contribution in [-0.4, -0.2) is 27.8 Å². The van der Waals surface area contributed by atoms with Crippen LogP contribution in [0.5, 0.6) is 0 Å². The summed E-state index contributed by atoms with van der Waals surface area (Å²) < 4.78 is 0. The molecule has 3 atom stereocenters. The summed E-state index contributed by atoms with van der Waals surface area (Å²) in [4.78, 5) is 0. The molecule has 0 bridgehead atoms. The molecule has 0 aromatic carbocycles. The Morgan fingerprint density at radius 2 is 2.38 bits per heavy atom. The lowest BCUT2D eigenvalue weighted by Gasteiger charge is -2.33. The van der Waals surface area contributed by atoms with Crippen molar-refractivity contribution < 1.29 is 5.11 Å². The third kappa shape index (κ3) is 2.39. The first-order chi connectivity index (χ1) is 6.11. The van der Waals surface area contributed by atoms with Crippen LogP contribution < -0.4 is 5.73 Å². The maximum Gasteiger partial charge on any atom is 0.0920 e. The highest BCUT2D eigenvalue weighted by molar-refractivity contribution is 8.00. The molecule has 1 heterocycles. The van der Waals surface area contributed by atoms with Crippen molar-refractivity contribution in [1.29, 1.82) is 0 Å². The molecule has 0 aliphatic carbocycles. The minimum atomic E-state index is -0.597. The third-order valence-corrected chi connectivity index (χ3v) is 4.43. The zero-order valence-corrected chi connectivity index (χ0v) is 9.44. The van der Waals surface area contributed by atoms with Crippen molar-refractivity contribution in [3.05, 3.63) is 0 Å². The van der Waals surface area contributed by atoms with Gasteiger partial charge in [-0.2, -0.15) is 11.8 Å². The van der Waals surface area contributed by atoms with Crippen LogP contribution in [0.15, 0.2) is 0 Å². The van der Waals surface area contributed by atoms with Crippen LogP contribution in [0.1, 0.15) is 39.5 Å². The van der Waals surface area contributed by atoms with E-state index < -0.39 is 5.60 Å². The maximum absolute atomic E-state index is 10.3. The molecule has 13 heavy (non-hydrogen) atoms. The lowest BCUT2D eigenvalue weighted by atomic mass is 9.86. The molecule has 1 rings (SSSR count). The van der Waals surface area contributed by atoms with E-state index in [2.05, 4.69) is 13.8 Å². The number of thioether (sulfide) groups is 1. The standard InChI is InChI=1S/C10H21NOS/c1-3-4-5-9(11)10(12)6-7-13-8(10)2/h8-9,12H,3-7,11H2,1-2H3. The van der Waals surface area contributed by atoms with E-state index in [1.807, 2.05) is 11.8 Å². The second-order valence-electron chi connectivity index (χ2n) is 4.00. The van der Waals surface area contributed by atoms with Gasteiger partial charge >= 0.3 is 0 Å². The Balaban J connectivity index is 2.47. The van der Waals surface area contributed by atoms with Gasteiger partial charge in [-0.1, -0.05) is 26.7 Å². The molecule has 3 unspecified atom stereocenters. The summed E-state index contributed by atoms with van der Waals surface area (Å²) in [6.45, 7) is 4.24. The van der Waals surface area contributed by atoms with E-state index in [9.17, 15) is 5.11 Å². The topological polar surface area (TPSA) is 46.2 Å². The van der Waals surface area contributed by atoms with Crippen LogP contribution >= 0.6 is 11.8 Å². The first-order valence-corrected chi connectivity index (χ1v) is 6.25. The quantitative estimate of drug-likeness (QED) is 0.732. The van der Waals surface area contributed by atoms with E-state index in [-0.39, 0.29) is 6.04 Å². The van der Waals surface area contributed by atoms with Gasteiger partial charge in [0.1, 0.15) is 0 Å². The highest BCUT2D eigenvalue weighted by Crippen LogP contribution is 2.38. The minimum Gasteiger partial charge on any atom is -0.387 e. The first-order valence-electron chi connectivity index (χ1n) is 5.20. The Morgan fingerprint density at radius 1 is 1.69 bits per heavy atom. The molecule has 0 amide bonds. The van der Waals surface area contributed by atoms with E-state index in [1.54, 1.807) is 0 Å². The Labute approximate surface area is 85.3 Å². The second-order valence-corrected chi connectivity index (χ2v) is 5.45. The van der Waals surface area contributed by atoms with E-state index >= 15 is 0 Å². The van der Waals surface area contributed by atoms with E-state index in [0.717, 1.165) is 31.4 Å². The lowest BCUT2D eigenvalue weighted by molar-refractivity contribution is 0.0163. The van der Waals surface area contributed by atoms with Gasteiger partial charge in [-0.3, -0.25) is 0 Å². The van der Waals surface area contributed by atoms with E-state index in [4.69, 9.17) is 5.73 Å². The smallest absolute Gasteiger partial charge is 0.0920 e. The minimum absolute atomic E-state index is 0.0301. The van der Waals surface area contributed by atoms with Crippen molar-refractivity contribution >= 4 is 11.8 Å². The molecule has 0 radical (unpaired) electrons. The van der Waals surface area contributed by atoms with Crippen molar-refractivity contribution in [3.8, 4) is 0 Å². The SMILES string of the molecule is CCCCC(N)C1(O)CCSC1C. The van der Waals surface area contributed by atoms with Crippen molar-refractivity contribution in [2.75, 3.05) is 5.75 Å². The summed E-state index contributed by atoms with van der Waals surface area (Å²) in [5, 5.41) is 10.6. The van der Waals surface area contributed by atoms with Crippen molar-refractivity contribution in [2.45, 2.75) is 56.4 Å². The van der Waals surface area contributed by atoms with Crippen LogP contribution in [0.3, 0.4) is 0 Å². The van der Waals surface area contributed by atoms with Gasteiger partial charge in [0.25, 0.3) is 0 Å². The van der Waals surface area contributed by atoms with Crippen molar-refractivity contribution in [2.24, 2.45) is 5.73 Å². The van der Waals surface area contributed by atoms with Crippen molar-refractivity contribution in [3.63, 3.8) is 0 Å². The molecule has 3 heteroatoms. The molecule has 0 aromatic heterocycles. The number of hydrogen-bond acceptors (Lipinski definition) is 3. The molecule has 78 valence electrons. The van der Waals surface area contributed by atoms with Gasteiger partial charge < -0.3 is 10.8 Å². The van der Waals surface area contributed by atoms with E-state index in [0.29, 0.717) is 5.25 Å². The maximum atomic E-state index is 10.3. The predicted octanol–water partition coefficient (Wildman–Crippen LogP) is 1.76. The zero-order valence-electron chi connectivity index (χ0n) is 8.62. The Kier molecular flexibility index (Phi) is 4.07. The first kappa shape index (κ1) is 11.3. The molecule has 0 spiro atoms. The molecule has 1 aliphatic heterocycles. The van der Waals surface area contributed by atoms with Gasteiger partial charge in [0, 0.05) is 11.3 Å². The number of nitrogens with two attached hydrogens (primary N) is 1. The van der Waals surface area contributed by atoms with Gasteiger partial charge in [-0.25, -0.2) is 0 Å². The van der Waals surface area contributed by atoms with Gasteiger partial charge in [-0.15, -0.1) is 0 Å². The number of rotatable bonds is 4. The summed E-state index contributed by atoms with van der Waals surface area (Å²) >= 11 is 1.84. The van der Waals surface area contributed by atoms with Gasteiger partial charge in [-0.05, 0) is 18.6 Å². The molecule has 0 aromatic rings. The number of unbranched alkanes of at least 4 members (excludes halogenated alkanes) is 1. The Hall–Kier alpha value is 0.270. The predicted molar refractivity (Wildman–Crippen MR) is 59.0 cm³/mol. The summed E-state index contributed by atoms with van der Waals surface area (Å²) in [7, 11) is 0. The number of aliphatic hydroxyl groups is 1. The fraction of sp³-hybridized carbons (Fsp3) is 1.00. The average molecular weight is 203 g/mol. The molecular weight excluding hydrogens is 182 g/mol. The van der Waals surface area contributed by atoms with Crippen LogP contribution in [0.4, 0.5) is 0 Å². The Bertz CT molecular complexity index is 165. The monoisotopic (exact) mass is 203 g/mol. The number of hydrogen-bond donors (Lipinski definition) is 2. The van der Waals surface area contributed by atoms with Crippen LogP contribution in [0.2, 0.25) is 0 Å². The lowest BCUT2D eigenvalue weighted by Crippen LogP contribution is -2.51.